The highest BCUT2D eigenvalue weighted by Crippen LogP contribution is 2.59. The van der Waals surface area contributed by atoms with E-state index >= 15 is 0 Å². The normalized spacial score (nSPS) is 29.2. The molecule has 40 heavy (non-hydrogen) atoms. The number of benzene rings is 1. The number of para-hydroxylation sites is 1. The lowest BCUT2D eigenvalue weighted by molar-refractivity contribution is -0.145. The van der Waals surface area contributed by atoms with E-state index in [1.165, 1.54) is 0 Å². The number of aromatic hydroxyl groups is 1. The molecular formula is C28H30N2O10. The topological polar surface area (TPSA) is 179 Å². The van der Waals surface area contributed by atoms with Gasteiger partial charge >= 0.3 is 11.9 Å². The molecule has 3 N–H and O–H groups in total. The van der Waals surface area contributed by atoms with Gasteiger partial charge in [-0.25, -0.2) is 0 Å². The fourth-order valence-corrected chi connectivity index (χ4v) is 6.98. The number of ether oxygens (including phenoxy) is 1. The summed E-state index contributed by atoms with van der Waals surface area (Å²) in [5, 5.41) is 29.5. The van der Waals surface area contributed by atoms with Crippen molar-refractivity contribution in [1.29, 1.82) is 0 Å². The summed E-state index contributed by atoms with van der Waals surface area (Å²) in [6.45, 7) is 1.47. The molecule has 6 atom stereocenters. The molecule has 2 aliphatic carbocycles. The number of rotatable bonds is 9. The van der Waals surface area contributed by atoms with Crippen LogP contribution in [0.2, 0.25) is 0 Å². The Labute approximate surface area is 229 Å². The predicted molar refractivity (Wildman–Crippen MR) is 135 cm³/mol. The third-order valence-electron chi connectivity index (χ3n) is 8.59. The maximum atomic E-state index is 13.7. The zero-order valence-corrected chi connectivity index (χ0v) is 21.8. The van der Waals surface area contributed by atoms with Gasteiger partial charge in [0.15, 0.2) is 11.5 Å². The molecule has 2 saturated heterocycles. The van der Waals surface area contributed by atoms with Crippen LogP contribution in [0.1, 0.15) is 44.1 Å². The van der Waals surface area contributed by atoms with Crippen molar-refractivity contribution in [3.63, 3.8) is 0 Å². The summed E-state index contributed by atoms with van der Waals surface area (Å²) >= 11 is 0. The Kier molecular flexibility index (Phi) is 7.11. The van der Waals surface area contributed by atoms with Gasteiger partial charge in [0.2, 0.25) is 23.6 Å². The number of imide groups is 2. The second kappa shape index (κ2) is 10.4. The molecule has 0 radical (unpaired) electrons. The van der Waals surface area contributed by atoms with E-state index < -0.39 is 83.9 Å². The third-order valence-corrected chi connectivity index (χ3v) is 8.59. The molecule has 4 amide bonds. The van der Waals surface area contributed by atoms with Crippen LogP contribution < -0.4 is 4.74 Å². The second-order valence-corrected chi connectivity index (χ2v) is 10.6. The van der Waals surface area contributed by atoms with Crippen LogP contribution in [0, 0.1) is 29.6 Å². The highest BCUT2D eigenvalue weighted by atomic mass is 16.5. The number of phenols is 1. The quantitative estimate of drug-likeness (QED) is 0.298. The van der Waals surface area contributed by atoms with E-state index in [0.29, 0.717) is 11.1 Å². The Morgan fingerprint density at radius 1 is 0.875 bits per heavy atom. The average molecular weight is 555 g/mol. The Hall–Kier alpha value is -4.22. The number of carboxylic acids is 2. The summed E-state index contributed by atoms with van der Waals surface area (Å²) < 4.78 is 5.56. The molecule has 1 saturated carbocycles. The van der Waals surface area contributed by atoms with Crippen molar-refractivity contribution in [3.8, 4) is 11.5 Å². The number of hydrogen-bond acceptors (Lipinski definition) is 8. The number of fused-ring (bicyclic) bond motifs is 4. The number of phenolic OH excluding ortho intramolecular Hbond substituents is 1. The van der Waals surface area contributed by atoms with E-state index in [0.717, 1.165) is 9.80 Å². The lowest BCUT2D eigenvalue weighted by atomic mass is 9.57. The van der Waals surface area contributed by atoms with Crippen molar-refractivity contribution < 1.29 is 48.8 Å². The molecule has 6 unspecified atom stereocenters. The molecule has 3 fully saturated rings. The number of nitrogens with zero attached hydrogens (tertiary/aromatic N) is 2. The largest absolute Gasteiger partial charge is 0.504 e. The first-order valence-corrected chi connectivity index (χ1v) is 13.3. The lowest BCUT2D eigenvalue weighted by Gasteiger charge is -2.44. The first-order chi connectivity index (χ1) is 19.1. The first kappa shape index (κ1) is 27.4. The van der Waals surface area contributed by atoms with Gasteiger partial charge in [-0.05, 0) is 31.7 Å². The minimum atomic E-state index is -1.16. The van der Waals surface area contributed by atoms with Crippen molar-refractivity contribution in [2.24, 2.45) is 29.6 Å². The van der Waals surface area contributed by atoms with Crippen LogP contribution >= 0.6 is 0 Å². The van der Waals surface area contributed by atoms with Crippen LogP contribution in [-0.4, -0.2) is 80.4 Å². The lowest BCUT2D eigenvalue weighted by Crippen LogP contribution is -2.43. The number of amides is 4. The Bertz CT molecular complexity index is 1340. The van der Waals surface area contributed by atoms with Gasteiger partial charge < -0.3 is 20.1 Å². The summed E-state index contributed by atoms with van der Waals surface area (Å²) in [4.78, 5) is 78.2. The molecule has 2 aliphatic heterocycles. The van der Waals surface area contributed by atoms with E-state index in [9.17, 15) is 33.9 Å². The number of hydrogen-bond donors (Lipinski definition) is 3. The molecule has 12 heteroatoms. The molecule has 212 valence electrons. The average Bonchev–Trinajstić information content (AvgIpc) is 3.30. The van der Waals surface area contributed by atoms with Gasteiger partial charge in [0, 0.05) is 24.6 Å². The van der Waals surface area contributed by atoms with Crippen LogP contribution in [0.5, 0.6) is 11.5 Å². The zero-order valence-electron chi connectivity index (χ0n) is 21.8. The molecule has 12 nitrogen and oxygen atoms in total. The number of allylic oxidation sites excluding steroid dienone is 2. The van der Waals surface area contributed by atoms with Crippen molar-refractivity contribution in [2.75, 3.05) is 19.7 Å². The van der Waals surface area contributed by atoms with Crippen LogP contribution in [0.4, 0.5) is 0 Å². The third kappa shape index (κ3) is 4.31. The number of carboxylic acid groups (broad SMARTS) is 2. The molecule has 1 aromatic rings. The second-order valence-electron chi connectivity index (χ2n) is 10.6. The summed E-state index contributed by atoms with van der Waals surface area (Å²) in [6.07, 6.45) is 1.28. The monoisotopic (exact) mass is 554 g/mol. The molecule has 4 aliphatic rings. The maximum absolute atomic E-state index is 13.7. The van der Waals surface area contributed by atoms with Gasteiger partial charge in [-0.2, -0.15) is 0 Å². The van der Waals surface area contributed by atoms with Crippen molar-refractivity contribution in [3.05, 3.63) is 35.4 Å². The van der Waals surface area contributed by atoms with E-state index in [-0.39, 0.29) is 44.0 Å². The van der Waals surface area contributed by atoms with E-state index in [1.54, 1.807) is 25.1 Å². The van der Waals surface area contributed by atoms with Crippen molar-refractivity contribution >= 4 is 35.6 Å². The number of likely N-dealkylation sites (tertiary alicyclic amines) is 2. The van der Waals surface area contributed by atoms with Crippen LogP contribution in [0.3, 0.4) is 0 Å². The van der Waals surface area contributed by atoms with Crippen LogP contribution in [0.15, 0.2) is 29.8 Å². The molecule has 0 aromatic heterocycles. The van der Waals surface area contributed by atoms with Crippen molar-refractivity contribution in [1.82, 2.24) is 9.80 Å². The number of carbonyl (C=O) groups excluding carboxylic acids is 4. The Balaban J connectivity index is 1.59. The molecule has 2 heterocycles. The molecule has 1 aromatic carbocycles. The van der Waals surface area contributed by atoms with Gasteiger partial charge in [-0.15, -0.1) is 0 Å². The van der Waals surface area contributed by atoms with Crippen LogP contribution in [-0.2, 0) is 28.8 Å². The minimum absolute atomic E-state index is 0.0972. The van der Waals surface area contributed by atoms with E-state index in [1.807, 2.05) is 6.08 Å². The summed E-state index contributed by atoms with van der Waals surface area (Å²) in [5.74, 6) is -9.14. The standard InChI is InChI=1S/C28H30N2O10/c1-2-40-18-5-3-4-14(24(18)35)21-13-6-7-15-22(27(38)29(25(15)36)10-8-19(31)32)16(13)12-17-23(21)28(39)30(26(17)37)11-9-20(33)34/h3-6,15-17,21-23,35H,2,7-12H2,1H3,(H,31,32)(H,33,34). The van der Waals surface area contributed by atoms with Gasteiger partial charge in [0.25, 0.3) is 0 Å². The minimum Gasteiger partial charge on any atom is -0.504 e. The van der Waals surface area contributed by atoms with Crippen LogP contribution in [0.25, 0.3) is 0 Å². The first-order valence-electron chi connectivity index (χ1n) is 13.3. The van der Waals surface area contributed by atoms with E-state index in [2.05, 4.69) is 0 Å². The highest BCUT2D eigenvalue weighted by molar-refractivity contribution is 6.08. The zero-order chi connectivity index (χ0) is 28.9. The SMILES string of the molecule is CCOc1cccc(C2C3=CCC4C(=O)N(CCC(=O)O)C(=O)C4C3CC3C(=O)N(CCC(=O)O)C(=O)C32)c1O. The maximum Gasteiger partial charge on any atom is 0.305 e. The smallest absolute Gasteiger partial charge is 0.305 e. The number of carbonyl (C=O) groups is 6. The fourth-order valence-electron chi connectivity index (χ4n) is 6.98. The Morgan fingerprint density at radius 2 is 1.48 bits per heavy atom. The number of aliphatic carboxylic acids is 2. The molecule has 5 rings (SSSR count). The predicted octanol–water partition coefficient (Wildman–Crippen LogP) is 1.38. The summed E-state index contributed by atoms with van der Waals surface area (Å²) in [7, 11) is 0. The summed E-state index contributed by atoms with van der Waals surface area (Å²) in [6, 6.07) is 4.87. The van der Waals surface area contributed by atoms with Gasteiger partial charge in [0.05, 0.1) is 43.1 Å². The Morgan fingerprint density at radius 3 is 2.08 bits per heavy atom. The molecular weight excluding hydrogens is 524 g/mol. The fraction of sp³-hybridized carbons (Fsp3) is 0.500. The van der Waals surface area contributed by atoms with Crippen molar-refractivity contribution in [2.45, 2.75) is 38.5 Å². The van der Waals surface area contributed by atoms with Gasteiger partial charge in [0.1, 0.15) is 0 Å². The molecule has 0 bridgehead atoms. The highest BCUT2D eigenvalue weighted by Gasteiger charge is 2.62. The molecule has 0 spiro atoms. The van der Waals surface area contributed by atoms with E-state index in [4.69, 9.17) is 14.9 Å². The summed E-state index contributed by atoms with van der Waals surface area (Å²) in [5.41, 5.74) is 1.00. The van der Waals surface area contributed by atoms with Gasteiger partial charge in [-0.3, -0.25) is 38.6 Å². The van der Waals surface area contributed by atoms with Gasteiger partial charge in [-0.1, -0.05) is 23.8 Å².